The van der Waals surface area contributed by atoms with E-state index < -0.39 is 15.6 Å². The van der Waals surface area contributed by atoms with E-state index in [-0.39, 0.29) is 16.4 Å². The van der Waals surface area contributed by atoms with Crippen molar-refractivity contribution in [3.63, 3.8) is 0 Å². The number of hydrogen-bond donors (Lipinski definition) is 2. The molecule has 0 saturated carbocycles. The smallest absolute Gasteiger partial charge is 0.261 e. The Labute approximate surface area is 148 Å². The lowest BCUT2D eigenvalue weighted by Gasteiger charge is -2.20. The van der Waals surface area contributed by atoms with E-state index in [1.807, 2.05) is 20.8 Å². The molecule has 0 aliphatic rings. The Morgan fingerprint density at radius 2 is 1.68 bits per heavy atom. The number of carbonyl (C=O) groups is 1. The molecule has 0 saturated heterocycles. The first kappa shape index (κ1) is 18.8. The molecule has 25 heavy (non-hydrogen) atoms. The highest BCUT2D eigenvalue weighted by Crippen LogP contribution is 2.20. The van der Waals surface area contributed by atoms with Gasteiger partial charge in [0.25, 0.3) is 15.9 Å². The highest BCUT2D eigenvalue weighted by molar-refractivity contribution is 7.92. The summed E-state index contributed by atoms with van der Waals surface area (Å²) in [6.45, 7) is 5.57. The van der Waals surface area contributed by atoms with Crippen LogP contribution >= 0.6 is 0 Å². The number of carbonyl (C=O) groups excluding carboxylic acids is 1. The van der Waals surface area contributed by atoms with Crippen LogP contribution in [0.4, 0.5) is 5.69 Å². The minimum atomic E-state index is -3.80. The summed E-state index contributed by atoms with van der Waals surface area (Å²) < 4.78 is 32.6. The molecular weight excluding hydrogens is 340 g/mol. The Morgan fingerprint density at radius 1 is 1.04 bits per heavy atom. The second kappa shape index (κ2) is 7.14. The Balaban J connectivity index is 2.24. The predicted molar refractivity (Wildman–Crippen MR) is 97.5 cm³/mol. The van der Waals surface area contributed by atoms with Crippen LogP contribution in [0.3, 0.4) is 0 Å². The van der Waals surface area contributed by atoms with Gasteiger partial charge in [-0.2, -0.15) is 0 Å². The lowest BCUT2D eigenvalue weighted by molar-refractivity contribution is 0.0919. The SMILES string of the molecule is COc1ccc(NS(=O)(=O)c2cccc(C(=O)NC(C)(C)C)c2)cc1. The Morgan fingerprint density at radius 3 is 2.24 bits per heavy atom. The van der Waals surface area contributed by atoms with Gasteiger partial charge in [-0.1, -0.05) is 6.07 Å². The van der Waals surface area contributed by atoms with E-state index in [0.717, 1.165) is 0 Å². The molecule has 0 aromatic heterocycles. The zero-order valence-corrected chi connectivity index (χ0v) is 15.5. The monoisotopic (exact) mass is 362 g/mol. The molecule has 2 rings (SSSR count). The second-order valence-corrected chi connectivity index (χ2v) is 8.25. The summed E-state index contributed by atoms with van der Waals surface area (Å²) in [6.07, 6.45) is 0. The Bertz CT molecular complexity index is 853. The van der Waals surface area contributed by atoms with Gasteiger partial charge in [0.1, 0.15) is 5.75 Å². The molecule has 0 radical (unpaired) electrons. The van der Waals surface area contributed by atoms with E-state index in [1.54, 1.807) is 36.4 Å². The van der Waals surface area contributed by atoms with E-state index in [4.69, 9.17) is 4.74 Å². The van der Waals surface area contributed by atoms with Crippen molar-refractivity contribution < 1.29 is 17.9 Å². The topological polar surface area (TPSA) is 84.5 Å². The third-order valence-corrected chi connectivity index (χ3v) is 4.62. The summed E-state index contributed by atoms with van der Waals surface area (Å²) >= 11 is 0. The molecular formula is C18H22N2O4S. The lowest BCUT2D eigenvalue weighted by atomic mass is 10.1. The van der Waals surface area contributed by atoms with Crippen molar-refractivity contribution in [3.05, 3.63) is 54.1 Å². The zero-order chi connectivity index (χ0) is 18.7. The van der Waals surface area contributed by atoms with Crippen LogP contribution in [0.1, 0.15) is 31.1 Å². The van der Waals surface area contributed by atoms with Crippen LogP contribution in [-0.4, -0.2) is 27.0 Å². The van der Waals surface area contributed by atoms with Gasteiger partial charge in [-0.15, -0.1) is 0 Å². The Hall–Kier alpha value is -2.54. The third kappa shape index (κ3) is 5.22. The molecule has 6 nitrogen and oxygen atoms in total. The average molecular weight is 362 g/mol. The van der Waals surface area contributed by atoms with Crippen LogP contribution in [0.2, 0.25) is 0 Å². The minimum absolute atomic E-state index is 0.0184. The van der Waals surface area contributed by atoms with E-state index >= 15 is 0 Å². The van der Waals surface area contributed by atoms with Gasteiger partial charge in [0.15, 0.2) is 0 Å². The number of methoxy groups -OCH3 is 1. The summed E-state index contributed by atoms with van der Waals surface area (Å²) in [5.41, 5.74) is 0.283. The van der Waals surface area contributed by atoms with Gasteiger partial charge in [-0.05, 0) is 63.2 Å². The fourth-order valence-corrected chi connectivity index (χ4v) is 3.19. The molecule has 0 aliphatic heterocycles. The fraction of sp³-hybridized carbons (Fsp3) is 0.278. The molecule has 0 fully saturated rings. The predicted octanol–water partition coefficient (Wildman–Crippen LogP) is 3.02. The maximum absolute atomic E-state index is 12.5. The summed E-state index contributed by atoms with van der Waals surface area (Å²) in [4.78, 5) is 12.2. The minimum Gasteiger partial charge on any atom is -0.497 e. The van der Waals surface area contributed by atoms with E-state index in [2.05, 4.69) is 10.0 Å². The maximum Gasteiger partial charge on any atom is 0.261 e. The van der Waals surface area contributed by atoms with E-state index in [0.29, 0.717) is 11.4 Å². The van der Waals surface area contributed by atoms with Crippen molar-refractivity contribution in [1.29, 1.82) is 0 Å². The molecule has 134 valence electrons. The summed E-state index contributed by atoms with van der Waals surface area (Å²) in [5, 5.41) is 2.81. The normalized spacial score (nSPS) is 11.7. The summed E-state index contributed by atoms with van der Waals surface area (Å²) in [7, 11) is -2.27. The first-order valence-electron chi connectivity index (χ1n) is 7.70. The van der Waals surface area contributed by atoms with Gasteiger partial charge in [0.05, 0.1) is 12.0 Å². The van der Waals surface area contributed by atoms with Crippen molar-refractivity contribution >= 4 is 21.6 Å². The molecule has 0 aliphatic carbocycles. The first-order chi connectivity index (χ1) is 11.6. The number of amides is 1. The van der Waals surface area contributed by atoms with Gasteiger partial charge >= 0.3 is 0 Å². The first-order valence-corrected chi connectivity index (χ1v) is 9.18. The molecule has 7 heteroatoms. The molecule has 0 spiro atoms. The number of sulfonamides is 1. The highest BCUT2D eigenvalue weighted by atomic mass is 32.2. The summed E-state index contributed by atoms with van der Waals surface area (Å²) in [5.74, 6) is 0.304. The van der Waals surface area contributed by atoms with Crippen LogP contribution in [0.15, 0.2) is 53.4 Å². The van der Waals surface area contributed by atoms with Crippen molar-refractivity contribution in [2.24, 2.45) is 0 Å². The van der Waals surface area contributed by atoms with Crippen molar-refractivity contribution in [2.75, 3.05) is 11.8 Å². The number of anilines is 1. The number of hydrogen-bond acceptors (Lipinski definition) is 4. The fourth-order valence-electron chi connectivity index (χ4n) is 2.09. The summed E-state index contributed by atoms with van der Waals surface area (Å²) in [6, 6.07) is 12.4. The number of nitrogens with one attached hydrogen (secondary N) is 2. The molecule has 2 aromatic rings. The third-order valence-electron chi connectivity index (χ3n) is 3.24. The molecule has 0 heterocycles. The molecule has 2 aromatic carbocycles. The van der Waals surface area contributed by atoms with E-state index in [1.165, 1.54) is 19.2 Å². The molecule has 0 bridgehead atoms. The largest absolute Gasteiger partial charge is 0.497 e. The van der Waals surface area contributed by atoms with Crippen LogP contribution in [0.5, 0.6) is 5.75 Å². The highest BCUT2D eigenvalue weighted by Gasteiger charge is 2.19. The van der Waals surface area contributed by atoms with Crippen LogP contribution in [-0.2, 0) is 10.0 Å². The standard InChI is InChI=1S/C18H22N2O4S/c1-18(2,3)19-17(21)13-6-5-7-16(12-13)25(22,23)20-14-8-10-15(24-4)11-9-14/h5-12,20H,1-4H3,(H,19,21). The molecule has 1 amide bonds. The molecule has 0 unspecified atom stereocenters. The van der Waals surface area contributed by atoms with Gasteiger partial charge in [-0.3, -0.25) is 9.52 Å². The van der Waals surface area contributed by atoms with Crippen molar-refractivity contribution in [2.45, 2.75) is 31.2 Å². The zero-order valence-electron chi connectivity index (χ0n) is 14.7. The average Bonchev–Trinajstić information content (AvgIpc) is 2.54. The molecule has 0 atom stereocenters. The molecule has 2 N–H and O–H groups in total. The number of ether oxygens (including phenoxy) is 1. The van der Waals surface area contributed by atoms with Crippen LogP contribution < -0.4 is 14.8 Å². The maximum atomic E-state index is 12.5. The van der Waals surface area contributed by atoms with Crippen LogP contribution in [0.25, 0.3) is 0 Å². The van der Waals surface area contributed by atoms with Crippen molar-refractivity contribution in [1.82, 2.24) is 5.32 Å². The quantitative estimate of drug-likeness (QED) is 0.856. The lowest BCUT2D eigenvalue weighted by Crippen LogP contribution is -2.40. The second-order valence-electron chi connectivity index (χ2n) is 6.57. The van der Waals surface area contributed by atoms with Crippen molar-refractivity contribution in [3.8, 4) is 5.75 Å². The van der Waals surface area contributed by atoms with E-state index in [9.17, 15) is 13.2 Å². The number of benzene rings is 2. The Kier molecular flexibility index (Phi) is 5.37. The van der Waals surface area contributed by atoms with Crippen LogP contribution in [0, 0.1) is 0 Å². The van der Waals surface area contributed by atoms with Gasteiger partial charge in [-0.25, -0.2) is 8.42 Å². The van der Waals surface area contributed by atoms with Gasteiger partial charge in [0.2, 0.25) is 0 Å². The van der Waals surface area contributed by atoms with Gasteiger partial charge in [0, 0.05) is 16.8 Å². The van der Waals surface area contributed by atoms with Gasteiger partial charge < -0.3 is 10.1 Å². The number of rotatable bonds is 5.